The summed E-state index contributed by atoms with van der Waals surface area (Å²) in [7, 11) is 0. The van der Waals surface area contributed by atoms with Crippen LogP contribution in [0, 0.1) is 5.82 Å². The molecule has 0 aliphatic carbocycles. The van der Waals surface area contributed by atoms with Gasteiger partial charge in [0.15, 0.2) is 5.78 Å². The van der Waals surface area contributed by atoms with Crippen LogP contribution >= 0.6 is 0 Å². The van der Waals surface area contributed by atoms with Gasteiger partial charge in [-0.05, 0) is 37.6 Å². The Labute approximate surface area is 113 Å². The van der Waals surface area contributed by atoms with E-state index in [2.05, 4.69) is 6.92 Å². The van der Waals surface area contributed by atoms with Crippen LogP contribution in [0.15, 0.2) is 24.3 Å². The molecule has 106 valence electrons. The highest BCUT2D eigenvalue weighted by atomic mass is 19.1. The molecular formula is C15H21FO3. The third-order valence-corrected chi connectivity index (χ3v) is 2.74. The molecule has 4 heteroatoms. The first kappa shape index (κ1) is 15.8. The zero-order valence-corrected chi connectivity index (χ0v) is 11.5. The Bertz CT molecular complexity index is 375. The van der Waals surface area contributed by atoms with E-state index >= 15 is 0 Å². The van der Waals surface area contributed by atoms with E-state index in [1.165, 1.54) is 24.3 Å². The van der Waals surface area contributed by atoms with E-state index in [1.54, 1.807) is 6.92 Å². The van der Waals surface area contributed by atoms with E-state index in [9.17, 15) is 9.18 Å². The molecule has 0 radical (unpaired) electrons. The summed E-state index contributed by atoms with van der Waals surface area (Å²) in [6, 6.07) is 5.48. The van der Waals surface area contributed by atoms with E-state index in [0.29, 0.717) is 18.8 Å². The fraction of sp³-hybridized carbons (Fsp3) is 0.533. The number of benzene rings is 1. The summed E-state index contributed by atoms with van der Waals surface area (Å²) in [5, 5.41) is 0. The van der Waals surface area contributed by atoms with Gasteiger partial charge in [0, 0.05) is 12.2 Å². The van der Waals surface area contributed by atoms with Crippen LogP contribution in [-0.4, -0.2) is 31.7 Å². The maximum absolute atomic E-state index is 12.7. The monoisotopic (exact) mass is 268 g/mol. The van der Waals surface area contributed by atoms with Crippen LogP contribution in [0.1, 0.15) is 37.0 Å². The third kappa shape index (κ3) is 5.94. The zero-order valence-electron chi connectivity index (χ0n) is 11.5. The Balaban J connectivity index is 2.27. The van der Waals surface area contributed by atoms with Crippen LogP contribution < -0.4 is 0 Å². The standard InChI is InChI=1S/C15H21FO3/c1-3-4-9-18-10-11-19-12(2)15(17)13-5-7-14(16)8-6-13/h5-8,12H,3-4,9-11H2,1-2H3. The maximum atomic E-state index is 12.7. The topological polar surface area (TPSA) is 35.5 Å². The number of ether oxygens (including phenoxy) is 2. The zero-order chi connectivity index (χ0) is 14.1. The molecule has 1 aromatic carbocycles. The first-order chi connectivity index (χ1) is 9.15. The molecule has 1 atom stereocenters. The number of hydrogen-bond acceptors (Lipinski definition) is 3. The predicted molar refractivity (Wildman–Crippen MR) is 71.9 cm³/mol. The third-order valence-electron chi connectivity index (χ3n) is 2.74. The Hall–Kier alpha value is -1.26. The van der Waals surface area contributed by atoms with Gasteiger partial charge in [-0.25, -0.2) is 4.39 Å². The van der Waals surface area contributed by atoms with Crippen molar-refractivity contribution in [2.45, 2.75) is 32.8 Å². The van der Waals surface area contributed by atoms with E-state index in [-0.39, 0.29) is 11.6 Å². The minimum absolute atomic E-state index is 0.145. The Kier molecular flexibility index (Phi) is 7.30. The molecule has 0 saturated heterocycles. The number of carbonyl (C=O) groups is 1. The average molecular weight is 268 g/mol. The van der Waals surface area contributed by atoms with E-state index in [4.69, 9.17) is 9.47 Å². The quantitative estimate of drug-likeness (QED) is 0.509. The molecule has 0 amide bonds. The molecule has 0 aromatic heterocycles. The summed E-state index contributed by atoms with van der Waals surface area (Å²) in [4.78, 5) is 11.9. The second kappa shape index (κ2) is 8.77. The van der Waals surface area contributed by atoms with Crippen molar-refractivity contribution in [1.29, 1.82) is 0 Å². The predicted octanol–water partition coefficient (Wildman–Crippen LogP) is 3.23. The normalized spacial score (nSPS) is 12.4. The van der Waals surface area contributed by atoms with E-state index in [0.717, 1.165) is 19.4 Å². The molecule has 0 bridgehead atoms. The number of hydrogen-bond donors (Lipinski definition) is 0. The van der Waals surface area contributed by atoms with Gasteiger partial charge in [-0.3, -0.25) is 4.79 Å². The molecule has 1 rings (SSSR count). The Morgan fingerprint density at radius 3 is 2.53 bits per heavy atom. The second-order valence-electron chi connectivity index (χ2n) is 4.35. The molecule has 0 spiro atoms. The molecule has 0 aliphatic rings. The molecule has 0 fully saturated rings. The van der Waals surface area contributed by atoms with Crippen molar-refractivity contribution in [3.05, 3.63) is 35.6 Å². The van der Waals surface area contributed by atoms with Crippen LogP contribution in [0.3, 0.4) is 0 Å². The molecular weight excluding hydrogens is 247 g/mol. The lowest BCUT2D eigenvalue weighted by Gasteiger charge is -2.12. The van der Waals surface area contributed by atoms with Crippen molar-refractivity contribution >= 4 is 5.78 Å². The van der Waals surface area contributed by atoms with Gasteiger partial charge in [-0.1, -0.05) is 13.3 Å². The molecule has 0 heterocycles. The van der Waals surface area contributed by atoms with Crippen LogP contribution in [0.5, 0.6) is 0 Å². The molecule has 0 aliphatic heterocycles. The molecule has 0 N–H and O–H groups in total. The first-order valence-electron chi connectivity index (χ1n) is 6.64. The van der Waals surface area contributed by atoms with Crippen LogP contribution in [0.2, 0.25) is 0 Å². The van der Waals surface area contributed by atoms with Gasteiger partial charge in [0.1, 0.15) is 11.9 Å². The van der Waals surface area contributed by atoms with Crippen molar-refractivity contribution in [1.82, 2.24) is 0 Å². The molecule has 1 unspecified atom stereocenters. The lowest BCUT2D eigenvalue weighted by atomic mass is 10.1. The van der Waals surface area contributed by atoms with Gasteiger partial charge in [-0.2, -0.15) is 0 Å². The number of ketones is 1. The lowest BCUT2D eigenvalue weighted by Crippen LogP contribution is -2.23. The van der Waals surface area contributed by atoms with Gasteiger partial charge < -0.3 is 9.47 Å². The fourth-order valence-electron chi connectivity index (χ4n) is 1.56. The average Bonchev–Trinajstić information content (AvgIpc) is 2.42. The fourth-order valence-corrected chi connectivity index (χ4v) is 1.56. The minimum Gasteiger partial charge on any atom is -0.379 e. The summed E-state index contributed by atoms with van der Waals surface area (Å²) in [5.74, 6) is -0.497. The summed E-state index contributed by atoms with van der Waals surface area (Å²) in [6.07, 6.45) is 1.59. The van der Waals surface area contributed by atoms with Crippen molar-refractivity contribution < 1.29 is 18.7 Å². The summed E-state index contributed by atoms with van der Waals surface area (Å²) < 4.78 is 23.5. The SMILES string of the molecule is CCCCOCCOC(C)C(=O)c1ccc(F)cc1. The summed E-state index contributed by atoms with van der Waals surface area (Å²) in [5.41, 5.74) is 0.459. The highest BCUT2D eigenvalue weighted by molar-refractivity contribution is 5.99. The largest absolute Gasteiger partial charge is 0.379 e. The number of unbranched alkanes of at least 4 members (excludes halogenated alkanes) is 1. The minimum atomic E-state index is -0.541. The molecule has 3 nitrogen and oxygen atoms in total. The second-order valence-corrected chi connectivity index (χ2v) is 4.35. The lowest BCUT2D eigenvalue weighted by molar-refractivity contribution is 0.0144. The number of carbonyl (C=O) groups excluding carboxylic acids is 1. The van der Waals surface area contributed by atoms with Gasteiger partial charge in [0.2, 0.25) is 0 Å². The first-order valence-corrected chi connectivity index (χ1v) is 6.64. The Morgan fingerprint density at radius 2 is 1.89 bits per heavy atom. The highest BCUT2D eigenvalue weighted by Gasteiger charge is 2.15. The Morgan fingerprint density at radius 1 is 1.21 bits per heavy atom. The van der Waals surface area contributed by atoms with Gasteiger partial charge in [0.25, 0.3) is 0 Å². The molecule has 19 heavy (non-hydrogen) atoms. The number of Topliss-reactive ketones (excluding diaryl/α,β-unsaturated/α-hetero) is 1. The van der Waals surface area contributed by atoms with Crippen molar-refractivity contribution in [3.8, 4) is 0 Å². The van der Waals surface area contributed by atoms with Gasteiger partial charge in [0.05, 0.1) is 13.2 Å². The van der Waals surface area contributed by atoms with Gasteiger partial charge >= 0.3 is 0 Å². The van der Waals surface area contributed by atoms with Crippen molar-refractivity contribution in [2.24, 2.45) is 0 Å². The van der Waals surface area contributed by atoms with Crippen molar-refractivity contribution in [2.75, 3.05) is 19.8 Å². The van der Waals surface area contributed by atoms with E-state index in [1.807, 2.05) is 0 Å². The van der Waals surface area contributed by atoms with Gasteiger partial charge in [-0.15, -0.1) is 0 Å². The smallest absolute Gasteiger partial charge is 0.191 e. The molecule has 0 saturated carbocycles. The maximum Gasteiger partial charge on any atom is 0.191 e. The number of rotatable bonds is 9. The van der Waals surface area contributed by atoms with Crippen molar-refractivity contribution in [3.63, 3.8) is 0 Å². The van der Waals surface area contributed by atoms with E-state index < -0.39 is 6.10 Å². The summed E-state index contributed by atoms with van der Waals surface area (Å²) >= 11 is 0. The van der Waals surface area contributed by atoms with Crippen LogP contribution in [0.25, 0.3) is 0 Å². The number of halogens is 1. The summed E-state index contributed by atoms with van der Waals surface area (Å²) in [6.45, 7) is 5.39. The van der Waals surface area contributed by atoms with Crippen LogP contribution in [-0.2, 0) is 9.47 Å². The van der Waals surface area contributed by atoms with Crippen LogP contribution in [0.4, 0.5) is 4.39 Å². The highest BCUT2D eigenvalue weighted by Crippen LogP contribution is 2.08. The molecule has 1 aromatic rings.